The number of unbranched alkanes of at least 4 members (excludes halogenated alkanes) is 3. The highest BCUT2D eigenvalue weighted by Gasteiger charge is 1.89. The Hall–Kier alpha value is -0.660. The van der Waals surface area contributed by atoms with Gasteiger partial charge in [-0.1, -0.05) is 26.7 Å². The van der Waals surface area contributed by atoms with E-state index in [2.05, 4.69) is 6.92 Å². The summed E-state index contributed by atoms with van der Waals surface area (Å²) in [6.45, 7) is 5.77. The van der Waals surface area contributed by atoms with E-state index in [4.69, 9.17) is 0 Å². The summed E-state index contributed by atoms with van der Waals surface area (Å²) in [4.78, 5) is 19.7. The molecule has 0 aliphatic heterocycles. The molecule has 0 aromatic heterocycles. The number of rotatable bonds is 6. The fourth-order valence-corrected chi connectivity index (χ4v) is 0.742. The average molecular weight is 186 g/mol. The summed E-state index contributed by atoms with van der Waals surface area (Å²) in [6, 6.07) is 0. The van der Waals surface area contributed by atoms with E-state index in [1.165, 1.54) is 12.8 Å². The standard InChI is InChI=1S/C7H14O.C4H8O/c1-3-4-5-6-7(2)8;1-2-3-4-5/h3-6H2,1-2H3;4H,2-3H2,1H3. The van der Waals surface area contributed by atoms with Crippen molar-refractivity contribution in [3.63, 3.8) is 0 Å². The van der Waals surface area contributed by atoms with Gasteiger partial charge < -0.3 is 9.59 Å². The zero-order chi connectivity index (χ0) is 10.5. The molecule has 0 N–H and O–H groups in total. The van der Waals surface area contributed by atoms with Crippen molar-refractivity contribution in [2.45, 2.75) is 59.3 Å². The number of hydrogen-bond acceptors (Lipinski definition) is 2. The molecule has 0 amide bonds. The van der Waals surface area contributed by atoms with Crippen molar-refractivity contribution >= 4 is 12.1 Å². The van der Waals surface area contributed by atoms with E-state index in [0.717, 1.165) is 25.5 Å². The van der Waals surface area contributed by atoms with Crippen LogP contribution >= 0.6 is 0 Å². The molecule has 0 saturated carbocycles. The maximum Gasteiger partial charge on any atom is 0.129 e. The Balaban J connectivity index is 0. The monoisotopic (exact) mass is 186 g/mol. The van der Waals surface area contributed by atoms with E-state index >= 15 is 0 Å². The summed E-state index contributed by atoms with van der Waals surface area (Å²) < 4.78 is 0. The molecule has 0 bridgehead atoms. The highest BCUT2D eigenvalue weighted by Crippen LogP contribution is 1.98. The number of Topliss-reactive ketones (excluding diaryl/α,β-unsaturated/α-hetero) is 1. The van der Waals surface area contributed by atoms with E-state index in [9.17, 15) is 9.59 Å². The first-order valence-electron chi connectivity index (χ1n) is 5.12. The summed E-state index contributed by atoms with van der Waals surface area (Å²) in [5.41, 5.74) is 0. The van der Waals surface area contributed by atoms with Crippen molar-refractivity contribution in [3.05, 3.63) is 0 Å². The van der Waals surface area contributed by atoms with Gasteiger partial charge in [-0.2, -0.15) is 0 Å². The van der Waals surface area contributed by atoms with E-state index in [1.807, 2.05) is 6.92 Å². The number of ketones is 1. The third-order valence-electron chi connectivity index (χ3n) is 1.54. The van der Waals surface area contributed by atoms with Crippen LogP contribution in [-0.2, 0) is 9.59 Å². The molecule has 0 heterocycles. The molecule has 0 aliphatic carbocycles. The molecule has 0 aromatic carbocycles. The quantitative estimate of drug-likeness (QED) is 0.471. The summed E-state index contributed by atoms with van der Waals surface area (Å²) >= 11 is 0. The highest BCUT2D eigenvalue weighted by molar-refractivity contribution is 5.75. The molecule has 0 unspecified atom stereocenters. The second-order valence-corrected chi connectivity index (χ2v) is 3.11. The molecule has 0 atom stereocenters. The van der Waals surface area contributed by atoms with Crippen molar-refractivity contribution in [1.29, 1.82) is 0 Å². The Kier molecular flexibility index (Phi) is 15.9. The second kappa shape index (κ2) is 13.9. The number of carbonyl (C=O) groups excluding carboxylic acids is 2. The third-order valence-corrected chi connectivity index (χ3v) is 1.54. The zero-order valence-electron chi connectivity index (χ0n) is 9.14. The van der Waals surface area contributed by atoms with Crippen molar-refractivity contribution in [3.8, 4) is 0 Å². The minimum absolute atomic E-state index is 0.318. The fourth-order valence-electron chi connectivity index (χ4n) is 0.742. The SMILES string of the molecule is CCCC=O.CCCCCC(C)=O. The van der Waals surface area contributed by atoms with E-state index in [0.29, 0.717) is 12.2 Å². The molecular formula is C11H22O2. The summed E-state index contributed by atoms with van der Waals surface area (Å²) in [5, 5.41) is 0. The summed E-state index contributed by atoms with van der Waals surface area (Å²) in [7, 11) is 0. The van der Waals surface area contributed by atoms with E-state index < -0.39 is 0 Å². The third kappa shape index (κ3) is 24.6. The van der Waals surface area contributed by atoms with Crippen LogP contribution in [-0.4, -0.2) is 12.1 Å². The smallest absolute Gasteiger partial charge is 0.129 e. The van der Waals surface area contributed by atoms with Crippen molar-refractivity contribution in [1.82, 2.24) is 0 Å². The predicted molar refractivity (Wildman–Crippen MR) is 55.8 cm³/mol. The molecule has 0 saturated heterocycles. The minimum atomic E-state index is 0.318. The van der Waals surface area contributed by atoms with Gasteiger partial charge in [0.1, 0.15) is 12.1 Å². The van der Waals surface area contributed by atoms with Crippen LogP contribution in [0.1, 0.15) is 59.3 Å². The first kappa shape index (κ1) is 14.8. The number of aldehydes is 1. The molecule has 2 nitrogen and oxygen atoms in total. The molecule has 2 heteroatoms. The van der Waals surface area contributed by atoms with Gasteiger partial charge in [0.05, 0.1) is 0 Å². The van der Waals surface area contributed by atoms with Crippen LogP contribution in [0.15, 0.2) is 0 Å². The first-order chi connectivity index (χ1) is 6.18. The van der Waals surface area contributed by atoms with Crippen LogP contribution in [0.5, 0.6) is 0 Å². The van der Waals surface area contributed by atoms with Crippen molar-refractivity contribution in [2.75, 3.05) is 0 Å². The maximum atomic E-state index is 10.3. The maximum absolute atomic E-state index is 10.3. The fraction of sp³-hybridized carbons (Fsp3) is 0.818. The van der Waals surface area contributed by atoms with Crippen LogP contribution < -0.4 is 0 Å². The van der Waals surface area contributed by atoms with Crippen LogP contribution in [0.3, 0.4) is 0 Å². The Morgan fingerprint density at radius 1 is 1.15 bits per heavy atom. The second-order valence-electron chi connectivity index (χ2n) is 3.11. The molecular weight excluding hydrogens is 164 g/mol. The number of carbonyl (C=O) groups is 2. The van der Waals surface area contributed by atoms with Gasteiger partial charge in [-0.3, -0.25) is 0 Å². The van der Waals surface area contributed by atoms with Gasteiger partial charge in [-0.25, -0.2) is 0 Å². The Bertz CT molecular complexity index is 119. The van der Waals surface area contributed by atoms with E-state index in [-0.39, 0.29) is 0 Å². The highest BCUT2D eigenvalue weighted by atomic mass is 16.1. The van der Waals surface area contributed by atoms with Crippen LogP contribution in [0, 0.1) is 0 Å². The Morgan fingerprint density at radius 3 is 2.00 bits per heavy atom. The molecule has 0 rings (SSSR count). The van der Waals surface area contributed by atoms with Crippen molar-refractivity contribution in [2.24, 2.45) is 0 Å². The lowest BCUT2D eigenvalue weighted by Gasteiger charge is -1.90. The van der Waals surface area contributed by atoms with Gasteiger partial charge in [-0.15, -0.1) is 0 Å². The molecule has 0 aliphatic rings. The van der Waals surface area contributed by atoms with Crippen LogP contribution in [0.25, 0.3) is 0 Å². The largest absolute Gasteiger partial charge is 0.303 e. The van der Waals surface area contributed by atoms with Crippen molar-refractivity contribution < 1.29 is 9.59 Å². The normalized spacial score (nSPS) is 8.54. The molecule has 0 radical (unpaired) electrons. The Labute approximate surface area is 81.7 Å². The van der Waals surface area contributed by atoms with Gasteiger partial charge >= 0.3 is 0 Å². The van der Waals surface area contributed by atoms with Crippen LogP contribution in [0.2, 0.25) is 0 Å². The van der Waals surface area contributed by atoms with Crippen LogP contribution in [0.4, 0.5) is 0 Å². The molecule has 78 valence electrons. The Morgan fingerprint density at radius 2 is 1.77 bits per heavy atom. The molecule has 0 fully saturated rings. The lowest BCUT2D eigenvalue weighted by atomic mass is 10.2. The molecule has 13 heavy (non-hydrogen) atoms. The zero-order valence-corrected chi connectivity index (χ0v) is 9.14. The molecule has 0 spiro atoms. The lowest BCUT2D eigenvalue weighted by Crippen LogP contribution is -1.87. The average Bonchev–Trinajstić information content (AvgIpc) is 2.07. The van der Waals surface area contributed by atoms with E-state index in [1.54, 1.807) is 6.92 Å². The van der Waals surface area contributed by atoms with Gasteiger partial charge in [-0.05, 0) is 19.8 Å². The first-order valence-corrected chi connectivity index (χ1v) is 5.12. The predicted octanol–water partition coefficient (Wildman–Crippen LogP) is 3.14. The van der Waals surface area contributed by atoms with Gasteiger partial charge in [0.25, 0.3) is 0 Å². The number of hydrogen-bond donors (Lipinski definition) is 0. The topological polar surface area (TPSA) is 34.1 Å². The minimum Gasteiger partial charge on any atom is -0.303 e. The summed E-state index contributed by atoms with van der Waals surface area (Å²) in [5.74, 6) is 0.318. The lowest BCUT2D eigenvalue weighted by molar-refractivity contribution is -0.117. The van der Waals surface area contributed by atoms with Gasteiger partial charge in [0.15, 0.2) is 0 Å². The van der Waals surface area contributed by atoms with Gasteiger partial charge in [0.2, 0.25) is 0 Å². The van der Waals surface area contributed by atoms with Gasteiger partial charge in [0, 0.05) is 12.8 Å². The molecule has 0 aromatic rings. The summed E-state index contributed by atoms with van der Waals surface area (Å²) in [6.07, 6.45) is 6.86.